The number of amides is 1. The lowest BCUT2D eigenvalue weighted by Gasteiger charge is -2.21. The summed E-state index contributed by atoms with van der Waals surface area (Å²) in [5.74, 6) is -0.0414. The van der Waals surface area contributed by atoms with E-state index >= 15 is 0 Å². The fraction of sp³-hybridized carbons (Fsp3) is 0.375. The van der Waals surface area contributed by atoms with Crippen molar-refractivity contribution in [3.63, 3.8) is 0 Å². The molecule has 1 aliphatic heterocycles. The molecule has 3 heterocycles. The molecule has 1 aromatic carbocycles. The average molecular weight is 435 g/mol. The first-order valence-corrected chi connectivity index (χ1v) is 10.9. The van der Waals surface area contributed by atoms with E-state index in [1.807, 2.05) is 43.6 Å². The Kier molecular flexibility index (Phi) is 6.53. The van der Waals surface area contributed by atoms with E-state index in [1.165, 1.54) is 0 Å². The number of anilines is 1. The molecule has 1 aliphatic rings. The molecule has 4 rings (SSSR count). The molecule has 32 heavy (non-hydrogen) atoms. The minimum atomic E-state index is -0.246. The summed E-state index contributed by atoms with van der Waals surface area (Å²) in [6.07, 6.45) is 5.15. The maximum absolute atomic E-state index is 13.2. The van der Waals surface area contributed by atoms with Gasteiger partial charge in [0, 0.05) is 49.7 Å². The van der Waals surface area contributed by atoms with Crippen molar-refractivity contribution >= 4 is 11.7 Å². The van der Waals surface area contributed by atoms with Crippen molar-refractivity contribution in [1.82, 2.24) is 25.0 Å². The maximum Gasteiger partial charge on any atom is 0.255 e. The van der Waals surface area contributed by atoms with Gasteiger partial charge in [-0.15, -0.1) is 0 Å². The van der Waals surface area contributed by atoms with Gasteiger partial charge < -0.3 is 15.8 Å². The Morgan fingerprint density at radius 1 is 1.22 bits per heavy atom. The molecule has 0 radical (unpaired) electrons. The number of carbonyl (C=O) groups is 1. The van der Waals surface area contributed by atoms with Gasteiger partial charge in [0.25, 0.3) is 5.91 Å². The van der Waals surface area contributed by atoms with Crippen molar-refractivity contribution < 1.29 is 9.53 Å². The minimum Gasteiger partial charge on any atom is -0.383 e. The zero-order chi connectivity index (χ0) is 22.7. The van der Waals surface area contributed by atoms with Gasteiger partial charge in [0.1, 0.15) is 5.82 Å². The summed E-state index contributed by atoms with van der Waals surface area (Å²) in [5.41, 5.74) is 9.20. The number of hydrogen-bond acceptors (Lipinski definition) is 6. The number of likely N-dealkylation sites (tertiary alicyclic amines) is 1. The quantitative estimate of drug-likeness (QED) is 0.593. The molecule has 1 fully saturated rings. The van der Waals surface area contributed by atoms with E-state index in [0.717, 1.165) is 29.8 Å². The monoisotopic (exact) mass is 434 g/mol. The number of carbonyl (C=O) groups excluding carboxylic acids is 1. The van der Waals surface area contributed by atoms with Crippen LogP contribution in [0.2, 0.25) is 0 Å². The van der Waals surface area contributed by atoms with E-state index in [4.69, 9.17) is 10.5 Å². The van der Waals surface area contributed by atoms with Gasteiger partial charge in [-0.3, -0.25) is 14.4 Å². The normalized spacial score (nSPS) is 18.9. The van der Waals surface area contributed by atoms with Gasteiger partial charge in [-0.1, -0.05) is 30.3 Å². The number of benzene rings is 1. The number of aromatic nitrogens is 3. The summed E-state index contributed by atoms with van der Waals surface area (Å²) in [5, 5.41) is 7.33. The summed E-state index contributed by atoms with van der Waals surface area (Å²) in [6.45, 7) is 6.29. The first-order chi connectivity index (χ1) is 15.4. The zero-order valence-corrected chi connectivity index (χ0v) is 18.7. The third kappa shape index (κ3) is 4.98. The van der Waals surface area contributed by atoms with Gasteiger partial charge >= 0.3 is 0 Å². The van der Waals surface area contributed by atoms with Crippen LogP contribution < -0.4 is 11.1 Å². The lowest BCUT2D eigenvalue weighted by Crippen LogP contribution is -2.44. The van der Waals surface area contributed by atoms with Crippen LogP contribution in [0.3, 0.4) is 0 Å². The van der Waals surface area contributed by atoms with Gasteiger partial charge in [0.05, 0.1) is 30.5 Å². The third-order valence-electron chi connectivity index (χ3n) is 5.85. The number of nitrogen functional groups attached to an aromatic ring is 1. The van der Waals surface area contributed by atoms with Crippen molar-refractivity contribution in [1.29, 1.82) is 0 Å². The standard InChI is InChI=1S/C24H30N6O2/c1-16(2)30-13-21(22(14-30)32-15-17-7-5-4-6-8-17)28-24(31)20-9-18(10-26-23(20)25)19-11-27-29(3)12-19/h4-12,16,21-22H,13-15H2,1-3H3,(H2,25,26)(H,28,31)/t21-,22-/m1/s1. The lowest BCUT2D eigenvalue weighted by molar-refractivity contribution is 0.0300. The number of nitrogens with two attached hydrogens (primary N) is 1. The fourth-order valence-electron chi connectivity index (χ4n) is 3.94. The Morgan fingerprint density at radius 2 is 2.00 bits per heavy atom. The van der Waals surface area contributed by atoms with Crippen LogP contribution in [-0.2, 0) is 18.4 Å². The molecule has 2 aromatic heterocycles. The van der Waals surface area contributed by atoms with Gasteiger partial charge in [0.15, 0.2) is 0 Å². The molecule has 0 unspecified atom stereocenters. The second-order valence-corrected chi connectivity index (χ2v) is 8.52. The van der Waals surface area contributed by atoms with E-state index in [1.54, 1.807) is 23.1 Å². The molecular formula is C24H30N6O2. The molecule has 8 heteroatoms. The molecule has 3 N–H and O–H groups in total. The Balaban J connectivity index is 1.49. The summed E-state index contributed by atoms with van der Waals surface area (Å²) in [6, 6.07) is 12.0. The molecule has 2 atom stereocenters. The van der Waals surface area contributed by atoms with Crippen LogP contribution in [0, 0.1) is 0 Å². The largest absolute Gasteiger partial charge is 0.383 e. The van der Waals surface area contributed by atoms with Crippen molar-refractivity contribution in [2.24, 2.45) is 7.05 Å². The molecule has 8 nitrogen and oxygen atoms in total. The highest BCUT2D eigenvalue weighted by Gasteiger charge is 2.36. The van der Waals surface area contributed by atoms with Crippen LogP contribution in [0.5, 0.6) is 0 Å². The third-order valence-corrected chi connectivity index (χ3v) is 5.85. The summed E-state index contributed by atoms with van der Waals surface area (Å²) >= 11 is 0. The van der Waals surface area contributed by atoms with Gasteiger partial charge in [-0.2, -0.15) is 5.10 Å². The summed E-state index contributed by atoms with van der Waals surface area (Å²) in [7, 11) is 1.85. The zero-order valence-electron chi connectivity index (χ0n) is 18.7. The molecule has 3 aromatic rings. The van der Waals surface area contributed by atoms with E-state index in [2.05, 4.69) is 34.1 Å². The number of hydrogen-bond donors (Lipinski definition) is 2. The van der Waals surface area contributed by atoms with Crippen molar-refractivity contribution in [3.05, 3.63) is 66.1 Å². The number of nitrogens with zero attached hydrogens (tertiary/aromatic N) is 4. The van der Waals surface area contributed by atoms with Gasteiger partial charge in [-0.25, -0.2) is 4.98 Å². The van der Waals surface area contributed by atoms with Crippen LogP contribution in [0.25, 0.3) is 11.1 Å². The average Bonchev–Trinajstić information content (AvgIpc) is 3.39. The number of pyridine rings is 1. The van der Waals surface area contributed by atoms with Crippen molar-refractivity contribution in [2.45, 2.75) is 38.6 Å². The van der Waals surface area contributed by atoms with E-state index < -0.39 is 0 Å². The molecule has 0 aliphatic carbocycles. The maximum atomic E-state index is 13.2. The number of nitrogens with one attached hydrogen (secondary N) is 1. The SMILES string of the molecule is CC(C)N1C[C@@H](NC(=O)c2cc(-c3cnn(C)c3)cnc2N)[C@H](OCc2ccccc2)C1. The summed E-state index contributed by atoms with van der Waals surface area (Å²) < 4.78 is 7.94. The Labute approximate surface area is 188 Å². The molecule has 1 saturated heterocycles. The van der Waals surface area contributed by atoms with Crippen LogP contribution >= 0.6 is 0 Å². The first kappa shape index (κ1) is 22.0. The molecular weight excluding hydrogens is 404 g/mol. The predicted octanol–water partition coefficient (Wildman–Crippen LogP) is 2.47. The molecule has 0 spiro atoms. The highest BCUT2D eigenvalue weighted by Crippen LogP contribution is 2.23. The highest BCUT2D eigenvalue weighted by atomic mass is 16.5. The van der Waals surface area contributed by atoms with E-state index in [0.29, 0.717) is 18.2 Å². The van der Waals surface area contributed by atoms with E-state index in [9.17, 15) is 4.79 Å². The highest BCUT2D eigenvalue weighted by molar-refractivity contribution is 5.99. The van der Waals surface area contributed by atoms with Crippen LogP contribution in [-0.4, -0.2) is 56.8 Å². The smallest absolute Gasteiger partial charge is 0.255 e. The first-order valence-electron chi connectivity index (χ1n) is 10.9. The summed E-state index contributed by atoms with van der Waals surface area (Å²) in [4.78, 5) is 19.7. The molecule has 1 amide bonds. The Morgan fingerprint density at radius 3 is 2.69 bits per heavy atom. The second kappa shape index (κ2) is 9.50. The van der Waals surface area contributed by atoms with Gasteiger partial charge in [0.2, 0.25) is 0 Å². The molecule has 168 valence electrons. The predicted molar refractivity (Wildman–Crippen MR) is 124 cm³/mol. The minimum absolute atomic E-state index is 0.114. The van der Waals surface area contributed by atoms with Crippen LogP contribution in [0.1, 0.15) is 29.8 Å². The van der Waals surface area contributed by atoms with Crippen molar-refractivity contribution in [3.8, 4) is 11.1 Å². The number of ether oxygens (including phenoxy) is 1. The van der Waals surface area contributed by atoms with Crippen molar-refractivity contribution in [2.75, 3.05) is 18.8 Å². The number of aryl methyl sites for hydroxylation is 1. The van der Waals surface area contributed by atoms with E-state index in [-0.39, 0.29) is 23.9 Å². The molecule has 0 bridgehead atoms. The number of rotatable bonds is 7. The second-order valence-electron chi connectivity index (χ2n) is 8.52. The lowest BCUT2D eigenvalue weighted by atomic mass is 10.1. The topological polar surface area (TPSA) is 98.3 Å². The van der Waals surface area contributed by atoms with Gasteiger partial charge in [-0.05, 0) is 25.5 Å². The Bertz CT molecular complexity index is 1070. The Hall–Kier alpha value is -3.23. The van der Waals surface area contributed by atoms with Crippen LogP contribution in [0.15, 0.2) is 55.0 Å². The molecule has 0 saturated carbocycles. The fourth-order valence-corrected chi connectivity index (χ4v) is 3.94. The van der Waals surface area contributed by atoms with Crippen LogP contribution in [0.4, 0.5) is 5.82 Å².